The van der Waals surface area contributed by atoms with Gasteiger partial charge < -0.3 is 19.9 Å². The monoisotopic (exact) mass is 475 g/mol. The molecule has 6 heteroatoms. The van der Waals surface area contributed by atoms with Crippen LogP contribution >= 0.6 is 0 Å². The van der Waals surface area contributed by atoms with Gasteiger partial charge in [0.25, 0.3) is 0 Å². The Morgan fingerprint density at radius 1 is 1.03 bits per heavy atom. The van der Waals surface area contributed by atoms with Crippen molar-refractivity contribution in [3.63, 3.8) is 0 Å². The zero-order valence-corrected chi connectivity index (χ0v) is 20.7. The maximum atomic E-state index is 13.4. The molecular weight excluding hydrogens is 438 g/mol. The van der Waals surface area contributed by atoms with Gasteiger partial charge in [-0.25, -0.2) is 0 Å². The van der Waals surface area contributed by atoms with Gasteiger partial charge in [0.1, 0.15) is 5.75 Å². The van der Waals surface area contributed by atoms with Crippen molar-refractivity contribution < 1.29 is 14.3 Å². The van der Waals surface area contributed by atoms with Crippen molar-refractivity contribution in [1.29, 1.82) is 0 Å². The second-order valence-corrected chi connectivity index (χ2v) is 10.5. The molecule has 2 saturated heterocycles. The molecule has 1 unspecified atom stereocenters. The van der Waals surface area contributed by atoms with Crippen molar-refractivity contribution in [3.8, 4) is 5.75 Å². The molecule has 2 aliphatic heterocycles. The molecule has 1 atom stereocenters. The Hall–Kier alpha value is -2.86. The molecule has 6 nitrogen and oxygen atoms in total. The number of likely N-dealkylation sites (tertiary alicyclic amines) is 2. The fourth-order valence-electron chi connectivity index (χ4n) is 5.62. The number of hydrogen-bond acceptors (Lipinski definition) is 4. The SMILES string of the molecule is COc1ccc(CN2CCC3(CCN(CCC(NC(=O)C4CC4)c4ccccc4)CC3)C2=O)cc1. The molecule has 2 heterocycles. The lowest BCUT2D eigenvalue weighted by molar-refractivity contribution is -0.139. The van der Waals surface area contributed by atoms with Gasteiger partial charge in [0.2, 0.25) is 11.8 Å². The molecule has 2 aromatic rings. The quantitative estimate of drug-likeness (QED) is 0.591. The van der Waals surface area contributed by atoms with Crippen LogP contribution in [0, 0.1) is 11.3 Å². The molecule has 2 amide bonds. The molecule has 5 rings (SSSR count). The largest absolute Gasteiger partial charge is 0.497 e. The molecule has 0 aromatic heterocycles. The van der Waals surface area contributed by atoms with Gasteiger partial charge in [-0.3, -0.25) is 9.59 Å². The minimum absolute atomic E-state index is 0.0493. The lowest BCUT2D eigenvalue weighted by atomic mass is 9.77. The highest BCUT2D eigenvalue weighted by molar-refractivity contribution is 5.85. The summed E-state index contributed by atoms with van der Waals surface area (Å²) in [5.74, 6) is 1.58. The van der Waals surface area contributed by atoms with Crippen molar-refractivity contribution in [2.24, 2.45) is 11.3 Å². The summed E-state index contributed by atoms with van der Waals surface area (Å²) in [6.07, 6.45) is 5.74. The molecule has 3 fully saturated rings. The number of amides is 2. The van der Waals surface area contributed by atoms with Gasteiger partial charge in [0.05, 0.1) is 18.6 Å². The average molecular weight is 476 g/mol. The summed E-state index contributed by atoms with van der Waals surface area (Å²) >= 11 is 0. The molecule has 2 aromatic carbocycles. The first-order chi connectivity index (χ1) is 17.1. The van der Waals surface area contributed by atoms with Crippen molar-refractivity contribution in [3.05, 3.63) is 65.7 Å². The van der Waals surface area contributed by atoms with Crippen LogP contribution in [-0.4, -0.2) is 54.9 Å². The molecule has 0 radical (unpaired) electrons. The first-order valence-corrected chi connectivity index (χ1v) is 13.1. The van der Waals surface area contributed by atoms with E-state index in [0.29, 0.717) is 12.5 Å². The normalized spacial score (nSPS) is 20.7. The Morgan fingerprint density at radius 2 is 1.71 bits per heavy atom. The van der Waals surface area contributed by atoms with E-state index in [2.05, 4.69) is 22.3 Å². The Kier molecular flexibility index (Phi) is 7.09. The highest BCUT2D eigenvalue weighted by Crippen LogP contribution is 2.42. The van der Waals surface area contributed by atoms with Crippen LogP contribution in [0.25, 0.3) is 0 Å². The van der Waals surface area contributed by atoms with Gasteiger partial charge in [0, 0.05) is 25.6 Å². The molecule has 186 valence electrons. The van der Waals surface area contributed by atoms with Gasteiger partial charge >= 0.3 is 0 Å². The molecular formula is C29H37N3O3. The smallest absolute Gasteiger partial charge is 0.229 e. The predicted molar refractivity (Wildman–Crippen MR) is 136 cm³/mol. The lowest BCUT2D eigenvalue weighted by Gasteiger charge is -2.38. The first-order valence-electron chi connectivity index (χ1n) is 13.1. The maximum Gasteiger partial charge on any atom is 0.229 e. The number of nitrogens with zero attached hydrogens (tertiary/aromatic N) is 2. The molecule has 35 heavy (non-hydrogen) atoms. The predicted octanol–water partition coefficient (Wildman–Crippen LogP) is 4.17. The summed E-state index contributed by atoms with van der Waals surface area (Å²) in [6, 6.07) is 18.4. The number of rotatable bonds is 9. The Labute approximate surface area is 208 Å². The minimum atomic E-state index is -0.192. The molecule has 3 aliphatic rings. The molecule has 1 aliphatic carbocycles. The van der Waals surface area contributed by atoms with E-state index in [1.54, 1.807) is 7.11 Å². The summed E-state index contributed by atoms with van der Waals surface area (Å²) in [5.41, 5.74) is 2.13. The fourth-order valence-corrected chi connectivity index (χ4v) is 5.62. The standard InChI is InChI=1S/C29H37N3O3/c1-35-25-11-7-22(8-12-25)21-32-20-16-29(28(32)34)14-18-31(19-15-29)17-13-26(23-5-3-2-4-6-23)30-27(33)24-9-10-24/h2-8,11-12,24,26H,9-10,13-21H2,1H3,(H,30,33). The van der Waals surface area contributed by atoms with E-state index in [1.807, 2.05) is 47.4 Å². The Balaban J connectivity index is 1.13. The second-order valence-electron chi connectivity index (χ2n) is 10.5. The lowest BCUT2D eigenvalue weighted by Crippen LogP contribution is -2.45. The zero-order chi connectivity index (χ0) is 24.3. The van der Waals surface area contributed by atoms with Gasteiger partial charge in [-0.1, -0.05) is 42.5 Å². The van der Waals surface area contributed by atoms with Crippen LogP contribution in [0.2, 0.25) is 0 Å². The number of hydrogen-bond donors (Lipinski definition) is 1. The second kappa shape index (κ2) is 10.4. The fraction of sp³-hybridized carbons (Fsp3) is 0.517. The Morgan fingerprint density at radius 3 is 2.37 bits per heavy atom. The van der Waals surface area contributed by atoms with Crippen LogP contribution in [0.4, 0.5) is 0 Å². The van der Waals surface area contributed by atoms with Crippen molar-refractivity contribution >= 4 is 11.8 Å². The number of piperidine rings is 1. The number of carbonyl (C=O) groups is 2. The van der Waals surface area contributed by atoms with Crippen molar-refractivity contribution in [1.82, 2.24) is 15.1 Å². The summed E-state index contributed by atoms with van der Waals surface area (Å²) in [5, 5.41) is 3.29. The number of carbonyl (C=O) groups excluding carboxylic acids is 2. The zero-order valence-electron chi connectivity index (χ0n) is 20.7. The number of benzene rings is 2. The molecule has 1 saturated carbocycles. The van der Waals surface area contributed by atoms with Crippen LogP contribution in [0.15, 0.2) is 54.6 Å². The third-order valence-electron chi connectivity index (χ3n) is 8.15. The van der Waals surface area contributed by atoms with Crippen LogP contribution in [0.5, 0.6) is 5.75 Å². The van der Waals surface area contributed by atoms with E-state index < -0.39 is 0 Å². The summed E-state index contributed by atoms with van der Waals surface area (Å²) in [4.78, 5) is 30.4. The van der Waals surface area contributed by atoms with E-state index >= 15 is 0 Å². The molecule has 0 bridgehead atoms. The number of nitrogens with one attached hydrogen (secondary N) is 1. The highest BCUT2D eigenvalue weighted by atomic mass is 16.5. The van der Waals surface area contributed by atoms with Crippen LogP contribution in [0.1, 0.15) is 55.7 Å². The summed E-state index contributed by atoms with van der Waals surface area (Å²) < 4.78 is 5.25. The van der Waals surface area contributed by atoms with Crippen LogP contribution in [0.3, 0.4) is 0 Å². The van der Waals surface area contributed by atoms with Crippen molar-refractivity contribution in [2.45, 2.75) is 51.1 Å². The summed E-state index contributed by atoms with van der Waals surface area (Å²) in [6.45, 7) is 4.34. The van der Waals surface area contributed by atoms with Gasteiger partial charge in [-0.15, -0.1) is 0 Å². The minimum Gasteiger partial charge on any atom is -0.497 e. The topological polar surface area (TPSA) is 61.9 Å². The number of ether oxygens (including phenoxy) is 1. The molecule has 1 N–H and O–H groups in total. The van der Waals surface area contributed by atoms with E-state index in [4.69, 9.17) is 4.74 Å². The van der Waals surface area contributed by atoms with Gasteiger partial charge in [0.15, 0.2) is 0 Å². The Bertz CT molecular complexity index is 1010. The van der Waals surface area contributed by atoms with Gasteiger partial charge in [-0.05, 0) is 74.9 Å². The maximum absolute atomic E-state index is 13.4. The van der Waals surface area contributed by atoms with Crippen molar-refractivity contribution in [2.75, 3.05) is 33.3 Å². The highest BCUT2D eigenvalue weighted by Gasteiger charge is 2.47. The van der Waals surface area contributed by atoms with Crippen LogP contribution < -0.4 is 10.1 Å². The van der Waals surface area contributed by atoms with E-state index in [0.717, 1.165) is 76.0 Å². The third-order valence-corrected chi connectivity index (χ3v) is 8.15. The number of methoxy groups -OCH3 is 1. The van der Waals surface area contributed by atoms with Crippen LogP contribution in [-0.2, 0) is 16.1 Å². The average Bonchev–Trinajstić information content (AvgIpc) is 3.72. The van der Waals surface area contributed by atoms with E-state index in [9.17, 15) is 9.59 Å². The summed E-state index contributed by atoms with van der Waals surface area (Å²) in [7, 11) is 1.67. The van der Waals surface area contributed by atoms with E-state index in [1.165, 1.54) is 5.56 Å². The molecule has 1 spiro atoms. The van der Waals surface area contributed by atoms with Gasteiger partial charge in [-0.2, -0.15) is 0 Å². The van der Waals surface area contributed by atoms with E-state index in [-0.39, 0.29) is 23.3 Å². The first kappa shape index (κ1) is 23.9. The third kappa shape index (κ3) is 5.53.